The number of carbonyl (C=O) groups is 1. The number of Topliss-reactive ketones (excluding diaryl/α,β-unsaturated/α-hetero) is 1. The highest BCUT2D eigenvalue weighted by atomic mass is 32.2. The van der Waals surface area contributed by atoms with E-state index < -0.39 is 0 Å². The van der Waals surface area contributed by atoms with E-state index in [0.717, 1.165) is 42.7 Å². The highest BCUT2D eigenvalue weighted by Crippen LogP contribution is 2.39. The first kappa shape index (κ1) is 23.2. The Balaban J connectivity index is 1.98. The van der Waals surface area contributed by atoms with Crippen LogP contribution in [0.3, 0.4) is 0 Å². The molecule has 1 N–H and O–H groups in total. The lowest BCUT2D eigenvalue weighted by Crippen LogP contribution is -2.27. The molecule has 0 fully saturated rings. The minimum atomic E-state index is -0.375. The Morgan fingerprint density at radius 3 is 2.71 bits per heavy atom. The maximum Gasteiger partial charge on any atom is 0.227 e. The number of allylic oxidation sites excluding steroid dienone is 2. The van der Waals surface area contributed by atoms with Crippen molar-refractivity contribution in [2.45, 2.75) is 64.6 Å². The number of ketones is 1. The molecule has 3 rings (SSSR count). The fourth-order valence-electron chi connectivity index (χ4n) is 3.66. The Kier molecular flexibility index (Phi) is 8.01. The van der Waals surface area contributed by atoms with E-state index in [-0.39, 0.29) is 11.8 Å². The predicted molar refractivity (Wildman–Crippen MR) is 124 cm³/mol. The molecule has 1 aliphatic heterocycles. The van der Waals surface area contributed by atoms with Gasteiger partial charge in [0.2, 0.25) is 11.1 Å². The summed E-state index contributed by atoms with van der Waals surface area (Å²) in [5.41, 5.74) is 2.37. The number of methoxy groups -OCH3 is 1. The molecule has 2 heterocycles. The van der Waals surface area contributed by atoms with E-state index in [4.69, 9.17) is 14.6 Å². The molecule has 0 saturated heterocycles. The van der Waals surface area contributed by atoms with E-state index in [1.54, 1.807) is 30.5 Å². The minimum absolute atomic E-state index is 0.00206. The van der Waals surface area contributed by atoms with Crippen molar-refractivity contribution in [3.05, 3.63) is 35.0 Å². The third-order valence-corrected chi connectivity index (χ3v) is 6.20. The van der Waals surface area contributed by atoms with Crippen molar-refractivity contribution >= 4 is 23.5 Å². The van der Waals surface area contributed by atoms with Crippen molar-refractivity contribution in [2.24, 2.45) is 0 Å². The first-order valence-corrected chi connectivity index (χ1v) is 11.9. The molecule has 8 heteroatoms. The molecule has 0 amide bonds. The van der Waals surface area contributed by atoms with Crippen LogP contribution in [0.25, 0.3) is 0 Å². The average Bonchev–Trinajstić information content (AvgIpc) is 3.16. The standard InChI is InChI=1S/C23H32N4O3S/c1-6-8-9-12-30-18-11-10-17(14-19(18)29-5)21-20(16(4)28)15(3)24-22-25-23(26-27(21)22)31-13-7-2/h10-11,14,21H,6-9,12-13H2,1-5H3,(H,24,25,26). The molecule has 168 valence electrons. The summed E-state index contributed by atoms with van der Waals surface area (Å²) in [6, 6.07) is 5.46. The molecular formula is C23H32N4O3S. The summed E-state index contributed by atoms with van der Waals surface area (Å²) in [4.78, 5) is 17.2. The largest absolute Gasteiger partial charge is 0.493 e. The SMILES string of the molecule is CCCCCOc1ccc(C2C(C(C)=O)=C(C)Nc3nc(SCCC)nn32)cc1OC. The highest BCUT2D eigenvalue weighted by molar-refractivity contribution is 7.99. The zero-order valence-electron chi connectivity index (χ0n) is 19.0. The summed E-state index contributed by atoms with van der Waals surface area (Å²) < 4.78 is 13.3. The van der Waals surface area contributed by atoms with Gasteiger partial charge in [0.25, 0.3) is 0 Å². The molecule has 0 radical (unpaired) electrons. The van der Waals surface area contributed by atoms with Crippen molar-refractivity contribution < 1.29 is 14.3 Å². The molecule has 0 bridgehead atoms. The van der Waals surface area contributed by atoms with E-state index in [1.165, 1.54) is 0 Å². The fourth-order valence-corrected chi connectivity index (χ4v) is 4.34. The number of aromatic nitrogens is 3. The summed E-state index contributed by atoms with van der Waals surface area (Å²) in [5.74, 6) is 2.94. The number of nitrogens with zero attached hydrogens (tertiary/aromatic N) is 3. The number of nitrogens with one attached hydrogen (secondary N) is 1. The van der Waals surface area contributed by atoms with Crippen LogP contribution in [0.4, 0.5) is 5.95 Å². The van der Waals surface area contributed by atoms with Gasteiger partial charge in [-0.25, -0.2) is 4.68 Å². The zero-order valence-corrected chi connectivity index (χ0v) is 19.8. The fraction of sp³-hybridized carbons (Fsp3) is 0.522. The van der Waals surface area contributed by atoms with Crippen molar-refractivity contribution in [1.29, 1.82) is 0 Å². The summed E-state index contributed by atoms with van der Waals surface area (Å²) in [6.07, 6.45) is 4.33. The van der Waals surface area contributed by atoms with Gasteiger partial charge in [-0.05, 0) is 44.4 Å². The van der Waals surface area contributed by atoms with Gasteiger partial charge < -0.3 is 14.8 Å². The molecule has 7 nitrogen and oxygen atoms in total. The van der Waals surface area contributed by atoms with Gasteiger partial charge in [-0.3, -0.25) is 4.79 Å². The van der Waals surface area contributed by atoms with Crippen LogP contribution in [0.2, 0.25) is 0 Å². The molecule has 1 aromatic carbocycles. The van der Waals surface area contributed by atoms with Crippen molar-refractivity contribution in [1.82, 2.24) is 14.8 Å². The molecule has 0 aliphatic carbocycles. The molecule has 2 aromatic rings. The summed E-state index contributed by atoms with van der Waals surface area (Å²) >= 11 is 1.61. The van der Waals surface area contributed by atoms with Crippen LogP contribution in [0.1, 0.15) is 65.0 Å². The monoisotopic (exact) mass is 444 g/mol. The Morgan fingerprint density at radius 2 is 2.03 bits per heavy atom. The molecule has 1 aliphatic rings. The maximum atomic E-state index is 12.6. The Bertz CT molecular complexity index is 954. The number of ether oxygens (including phenoxy) is 2. The van der Waals surface area contributed by atoms with Crippen LogP contribution in [-0.4, -0.2) is 40.0 Å². The molecule has 0 spiro atoms. The van der Waals surface area contributed by atoms with Gasteiger partial charge in [-0.1, -0.05) is 44.5 Å². The van der Waals surface area contributed by atoms with Crippen LogP contribution in [-0.2, 0) is 4.79 Å². The molecule has 31 heavy (non-hydrogen) atoms. The Morgan fingerprint density at radius 1 is 1.23 bits per heavy atom. The third-order valence-electron chi connectivity index (χ3n) is 5.16. The minimum Gasteiger partial charge on any atom is -0.493 e. The second kappa shape index (κ2) is 10.7. The second-order valence-electron chi connectivity index (χ2n) is 7.60. The van der Waals surface area contributed by atoms with Gasteiger partial charge >= 0.3 is 0 Å². The van der Waals surface area contributed by atoms with E-state index in [1.807, 2.05) is 25.1 Å². The number of thioether (sulfide) groups is 1. The predicted octanol–water partition coefficient (Wildman–Crippen LogP) is 5.24. The topological polar surface area (TPSA) is 78.3 Å². The lowest BCUT2D eigenvalue weighted by molar-refractivity contribution is -0.114. The average molecular weight is 445 g/mol. The lowest BCUT2D eigenvalue weighted by Gasteiger charge is -2.28. The van der Waals surface area contributed by atoms with E-state index in [0.29, 0.717) is 34.8 Å². The normalized spacial score (nSPS) is 15.5. The molecule has 0 saturated carbocycles. The van der Waals surface area contributed by atoms with Crippen LogP contribution >= 0.6 is 11.8 Å². The van der Waals surface area contributed by atoms with Crippen LogP contribution in [0, 0.1) is 0 Å². The maximum absolute atomic E-state index is 12.6. The molecule has 1 aromatic heterocycles. The quantitative estimate of drug-likeness (QED) is 0.375. The number of anilines is 1. The van der Waals surface area contributed by atoms with Gasteiger partial charge in [0, 0.05) is 17.0 Å². The highest BCUT2D eigenvalue weighted by Gasteiger charge is 2.33. The first-order chi connectivity index (χ1) is 15.0. The molecular weight excluding hydrogens is 412 g/mol. The third kappa shape index (κ3) is 5.23. The van der Waals surface area contributed by atoms with E-state index >= 15 is 0 Å². The van der Waals surface area contributed by atoms with Gasteiger partial charge in [-0.2, -0.15) is 4.98 Å². The van der Waals surface area contributed by atoms with Gasteiger partial charge in [-0.15, -0.1) is 5.10 Å². The summed E-state index contributed by atoms with van der Waals surface area (Å²) in [6.45, 7) is 8.44. The smallest absolute Gasteiger partial charge is 0.227 e. The van der Waals surface area contributed by atoms with E-state index in [9.17, 15) is 4.79 Å². The van der Waals surface area contributed by atoms with Crippen LogP contribution in [0.15, 0.2) is 34.6 Å². The lowest BCUT2D eigenvalue weighted by atomic mass is 9.93. The number of fused-ring (bicyclic) bond motifs is 1. The number of rotatable bonds is 11. The number of hydrogen-bond acceptors (Lipinski definition) is 7. The van der Waals surface area contributed by atoms with E-state index in [2.05, 4.69) is 24.1 Å². The number of hydrogen-bond donors (Lipinski definition) is 1. The van der Waals surface area contributed by atoms with Crippen LogP contribution in [0.5, 0.6) is 11.5 Å². The number of carbonyl (C=O) groups excluding carboxylic acids is 1. The number of unbranched alkanes of at least 4 members (excludes halogenated alkanes) is 2. The van der Waals surface area contributed by atoms with Crippen molar-refractivity contribution in [3.63, 3.8) is 0 Å². The zero-order chi connectivity index (χ0) is 22.4. The Labute approximate surface area is 188 Å². The van der Waals surface area contributed by atoms with Crippen LogP contribution < -0.4 is 14.8 Å². The first-order valence-electron chi connectivity index (χ1n) is 10.9. The number of benzene rings is 1. The summed E-state index contributed by atoms with van der Waals surface area (Å²) in [7, 11) is 1.63. The van der Waals surface area contributed by atoms with Crippen molar-refractivity contribution in [2.75, 3.05) is 24.8 Å². The van der Waals surface area contributed by atoms with Crippen molar-refractivity contribution in [3.8, 4) is 11.5 Å². The molecule has 1 unspecified atom stereocenters. The van der Waals surface area contributed by atoms with Gasteiger partial charge in [0.05, 0.1) is 13.7 Å². The summed E-state index contributed by atoms with van der Waals surface area (Å²) in [5, 5.41) is 8.66. The second-order valence-corrected chi connectivity index (χ2v) is 8.66. The Hall–Kier alpha value is -2.48. The van der Waals surface area contributed by atoms with Gasteiger partial charge in [0.15, 0.2) is 17.3 Å². The van der Waals surface area contributed by atoms with Gasteiger partial charge in [0.1, 0.15) is 6.04 Å². The molecule has 1 atom stereocenters.